The monoisotopic (exact) mass is 430 g/mol. The maximum absolute atomic E-state index is 13.7. The van der Waals surface area contributed by atoms with Crippen LogP contribution >= 0.6 is 0 Å². The van der Waals surface area contributed by atoms with Crippen LogP contribution < -0.4 is 10.1 Å². The van der Waals surface area contributed by atoms with Crippen molar-refractivity contribution in [3.8, 4) is 5.75 Å². The lowest BCUT2D eigenvalue weighted by Gasteiger charge is -2.55. The molecule has 3 atom stereocenters. The zero-order valence-corrected chi connectivity index (χ0v) is 18.8. The molecule has 2 unspecified atom stereocenters. The second-order valence-corrected chi connectivity index (χ2v) is 9.72. The molecule has 2 aromatic carbocycles. The van der Waals surface area contributed by atoms with Gasteiger partial charge in [0.1, 0.15) is 11.4 Å². The van der Waals surface area contributed by atoms with Crippen molar-refractivity contribution in [1.82, 2.24) is 19.7 Å². The van der Waals surface area contributed by atoms with Crippen molar-refractivity contribution in [3.05, 3.63) is 65.9 Å². The molecule has 0 spiro atoms. The van der Waals surface area contributed by atoms with E-state index in [4.69, 9.17) is 4.74 Å². The number of aryl methyl sites for hydroxylation is 1. The van der Waals surface area contributed by atoms with Crippen LogP contribution in [0.5, 0.6) is 5.75 Å². The highest BCUT2D eigenvalue weighted by Crippen LogP contribution is 2.43. The summed E-state index contributed by atoms with van der Waals surface area (Å²) in [6.07, 6.45) is 0. The summed E-state index contributed by atoms with van der Waals surface area (Å²) in [6, 6.07) is 18.9. The van der Waals surface area contributed by atoms with Crippen molar-refractivity contribution >= 4 is 16.8 Å². The Morgan fingerprint density at radius 1 is 1.03 bits per heavy atom. The Bertz CT molecular complexity index is 1160. The highest BCUT2D eigenvalue weighted by atomic mass is 16.5. The molecule has 4 fully saturated rings. The van der Waals surface area contributed by atoms with Crippen LogP contribution in [0.15, 0.2) is 54.6 Å². The fraction of sp³-hybridized carbons (Fsp3) is 0.423. The Kier molecular flexibility index (Phi) is 4.56. The minimum atomic E-state index is -0.0810. The Balaban J connectivity index is 1.38. The van der Waals surface area contributed by atoms with Gasteiger partial charge in [-0.2, -0.15) is 0 Å². The first kappa shape index (κ1) is 19.8. The minimum absolute atomic E-state index is 0.0131. The first-order valence-corrected chi connectivity index (χ1v) is 11.5. The van der Waals surface area contributed by atoms with Crippen molar-refractivity contribution in [3.63, 3.8) is 0 Å². The SMILES string of the molecule is COc1ccc2c(c1)cc(C(=O)N[C@@H]1C3CN4CCN(C3)CC1(c1ccccc1)C4)n2C. The minimum Gasteiger partial charge on any atom is -0.497 e. The molecule has 5 heterocycles. The van der Waals surface area contributed by atoms with Crippen molar-refractivity contribution in [2.24, 2.45) is 13.0 Å². The van der Waals surface area contributed by atoms with E-state index >= 15 is 0 Å². The third-order valence-corrected chi connectivity index (χ3v) is 7.91. The molecule has 0 aliphatic carbocycles. The van der Waals surface area contributed by atoms with Crippen LogP contribution in [0, 0.1) is 5.92 Å². The molecule has 4 bridgehead atoms. The van der Waals surface area contributed by atoms with E-state index in [9.17, 15) is 4.79 Å². The van der Waals surface area contributed by atoms with Crippen molar-refractivity contribution < 1.29 is 9.53 Å². The fourth-order valence-corrected chi connectivity index (χ4v) is 6.46. The lowest BCUT2D eigenvalue weighted by atomic mass is 9.64. The van der Waals surface area contributed by atoms with E-state index in [0.717, 1.165) is 55.9 Å². The van der Waals surface area contributed by atoms with Gasteiger partial charge in [0.15, 0.2) is 0 Å². The maximum Gasteiger partial charge on any atom is 0.268 e. The quantitative estimate of drug-likeness (QED) is 0.691. The molecule has 166 valence electrons. The number of nitrogens with zero attached hydrogens (tertiary/aromatic N) is 3. The number of amides is 1. The smallest absolute Gasteiger partial charge is 0.268 e. The summed E-state index contributed by atoms with van der Waals surface area (Å²) in [5.41, 5.74) is 2.99. The van der Waals surface area contributed by atoms with Crippen LogP contribution in [-0.4, -0.2) is 72.7 Å². The first-order chi connectivity index (χ1) is 15.6. The van der Waals surface area contributed by atoms with Crippen LogP contribution in [-0.2, 0) is 12.5 Å². The van der Waals surface area contributed by atoms with Gasteiger partial charge >= 0.3 is 0 Å². The average Bonchev–Trinajstić information content (AvgIpc) is 2.94. The van der Waals surface area contributed by atoms with Gasteiger partial charge in [-0.3, -0.25) is 4.79 Å². The highest BCUT2D eigenvalue weighted by Gasteiger charge is 2.55. The number of nitrogens with one attached hydrogen (secondary N) is 1. The largest absolute Gasteiger partial charge is 0.497 e. The van der Waals surface area contributed by atoms with Gasteiger partial charge in [-0.1, -0.05) is 30.3 Å². The van der Waals surface area contributed by atoms with Crippen LogP contribution in [0.3, 0.4) is 0 Å². The van der Waals surface area contributed by atoms with Crippen molar-refractivity contribution in [2.75, 3.05) is 46.4 Å². The molecule has 4 aliphatic heterocycles. The lowest BCUT2D eigenvalue weighted by Crippen LogP contribution is -2.70. The molecule has 4 aliphatic rings. The predicted molar refractivity (Wildman–Crippen MR) is 125 cm³/mol. The number of ether oxygens (including phenoxy) is 1. The van der Waals surface area contributed by atoms with Gasteiger partial charge in [-0.15, -0.1) is 0 Å². The van der Waals surface area contributed by atoms with Gasteiger partial charge in [-0.05, 0) is 29.8 Å². The molecule has 4 saturated heterocycles. The molecule has 1 amide bonds. The van der Waals surface area contributed by atoms with E-state index in [2.05, 4.69) is 45.4 Å². The van der Waals surface area contributed by atoms with Crippen LogP contribution in [0.4, 0.5) is 0 Å². The van der Waals surface area contributed by atoms with E-state index < -0.39 is 0 Å². The van der Waals surface area contributed by atoms with E-state index in [0.29, 0.717) is 11.6 Å². The van der Waals surface area contributed by atoms with Crippen LogP contribution in [0.25, 0.3) is 10.9 Å². The molecule has 32 heavy (non-hydrogen) atoms. The molecule has 1 aromatic heterocycles. The van der Waals surface area contributed by atoms with E-state index in [1.165, 1.54) is 5.56 Å². The third-order valence-electron chi connectivity index (χ3n) is 7.91. The lowest BCUT2D eigenvalue weighted by molar-refractivity contribution is 0.0179. The molecule has 1 N–H and O–H groups in total. The fourth-order valence-electron chi connectivity index (χ4n) is 6.46. The molecule has 0 radical (unpaired) electrons. The number of carbonyl (C=O) groups is 1. The number of methoxy groups -OCH3 is 1. The second kappa shape index (κ2) is 7.36. The molecular formula is C26H30N4O2. The first-order valence-electron chi connectivity index (χ1n) is 11.5. The molecule has 0 saturated carbocycles. The molecular weight excluding hydrogens is 400 g/mol. The summed E-state index contributed by atoms with van der Waals surface area (Å²) in [5.74, 6) is 1.25. The number of hydrogen-bond donors (Lipinski definition) is 1. The number of benzene rings is 2. The van der Waals surface area contributed by atoms with Crippen molar-refractivity contribution in [2.45, 2.75) is 11.5 Å². The standard InChI is InChI=1S/C26H30N4O2/c1-28-22-9-8-21(32-2)12-18(22)13-23(28)25(31)27-24-19-14-29-10-11-30(15-19)17-26(24,16-29)20-6-4-3-5-7-20/h3-9,12-13,19,24H,10-11,14-17H2,1-2H3,(H,27,31)/t19?,24-,26?/m1/s1. The number of hydrogen-bond acceptors (Lipinski definition) is 4. The summed E-state index contributed by atoms with van der Waals surface area (Å²) in [7, 11) is 3.64. The Morgan fingerprint density at radius 3 is 2.44 bits per heavy atom. The second-order valence-electron chi connectivity index (χ2n) is 9.72. The van der Waals surface area contributed by atoms with E-state index in [1.54, 1.807) is 7.11 Å². The number of aromatic nitrogens is 1. The van der Waals surface area contributed by atoms with Gasteiger partial charge in [0, 0.05) is 74.6 Å². The Hall–Kier alpha value is -2.83. The molecule has 3 aromatic rings. The maximum atomic E-state index is 13.7. The third kappa shape index (κ3) is 2.97. The average molecular weight is 431 g/mol. The molecule has 6 heteroatoms. The van der Waals surface area contributed by atoms with E-state index in [1.807, 2.05) is 35.9 Å². The van der Waals surface area contributed by atoms with Gasteiger partial charge in [0.2, 0.25) is 0 Å². The van der Waals surface area contributed by atoms with E-state index in [-0.39, 0.29) is 17.4 Å². The van der Waals surface area contributed by atoms with Crippen molar-refractivity contribution in [1.29, 1.82) is 0 Å². The topological polar surface area (TPSA) is 49.7 Å². The number of rotatable bonds is 4. The summed E-state index contributed by atoms with van der Waals surface area (Å²) in [5, 5.41) is 4.55. The molecule has 7 rings (SSSR count). The summed E-state index contributed by atoms with van der Waals surface area (Å²) >= 11 is 0. The van der Waals surface area contributed by atoms with Crippen LogP contribution in [0.1, 0.15) is 16.1 Å². The number of fused-ring (bicyclic) bond motifs is 2. The number of carbonyl (C=O) groups excluding carboxylic acids is 1. The normalized spacial score (nSPS) is 30.9. The zero-order valence-electron chi connectivity index (χ0n) is 18.8. The summed E-state index contributed by atoms with van der Waals surface area (Å²) < 4.78 is 7.37. The predicted octanol–water partition coefficient (Wildman–Crippen LogP) is 2.48. The molecule has 6 nitrogen and oxygen atoms in total. The van der Waals surface area contributed by atoms with Crippen LogP contribution in [0.2, 0.25) is 0 Å². The summed E-state index contributed by atoms with van der Waals surface area (Å²) in [4.78, 5) is 18.9. The van der Waals surface area contributed by atoms with Gasteiger partial charge in [-0.25, -0.2) is 0 Å². The highest BCUT2D eigenvalue weighted by molar-refractivity contribution is 5.99. The Morgan fingerprint density at radius 2 is 1.75 bits per heavy atom. The van der Waals surface area contributed by atoms with Gasteiger partial charge < -0.3 is 24.4 Å². The van der Waals surface area contributed by atoms with Gasteiger partial charge in [0.05, 0.1) is 7.11 Å². The number of piperidine rings is 2. The van der Waals surface area contributed by atoms with Gasteiger partial charge in [0.25, 0.3) is 5.91 Å². The zero-order chi connectivity index (χ0) is 21.9. The Labute approximate surface area is 188 Å². The summed E-state index contributed by atoms with van der Waals surface area (Å²) in [6.45, 7) is 6.36.